The van der Waals surface area contributed by atoms with Gasteiger partial charge in [-0.05, 0) is 24.6 Å². The second-order valence-electron chi connectivity index (χ2n) is 4.51. The van der Waals surface area contributed by atoms with Crippen LogP contribution < -0.4 is 5.32 Å². The van der Waals surface area contributed by atoms with E-state index < -0.39 is 12.0 Å². The van der Waals surface area contributed by atoms with E-state index in [1.807, 2.05) is 25.1 Å². The Bertz CT molecular complexity index is 538. The molecule has 1 aliphatic rings. The van der Waals surface area contributed by atoms with Crippen molar-refractivity contribution < 1.29 is 14.7 Å². The fraction of sp³-hybridized carbons (Fsp3) is 0.385. The maximum Gasteiger partial charge on any atom is 0.327 e. The molecule has 1 unspecified atom stereocenters. The highest BCUT2D eigenvalue weighted by Crippen LogP contribution is 2.23. The number of carboxylic acids is 1. The molecule has 1 aromatic rings. The number of nitrogens with zero attached hydrogens (tertiary/aromatic N) is 1. The Kier molecular flexibility index (Phi) is 4.93. The van der Waals surface area contributed by atoms with Gasteiger partial charge in [0.1, 0.15) is 6.04 Å². The lowest BCUT2D eigenvalue weighted by molar-refractivity contribution is -0.141. The predicted octanol–water partition coefficient (Wildman–Crippen LogP) is 2.79. The predicted molar refractivity (Wildman–Crippen MR) is 83.4 cm³/mol. The molecule has 0 radical (unpaired) electrons. The first-order valence-electron chi connectivity index (χ1n) is 6.13. The summed E-state index contributed by atoms with van der Waals surface area (Å²) >= 11 is 4.91. The Balaban J connectivity index is 2.14. The van der Waals surface area contributed by atoms with Crippen LogP contribution in [0.15, 0.2) is 22.7 Å². The van der Waals surface area contributed by atoms with Crippen molar-refractivity contribution >= 4 is 45.4 Å². The minimum Gasteiger partial charge on any atom is -0.480 e. The SMILES string of the molecule is Cc1ccc(Br)cc1NC(=O)N1CCSCC1C(=O)O. The largest absolute Gasteiger partial charge is 0.480 e. The van der Waals surface area contributed by atoms with E-state index >= 15 is 0 Å². The maximum atomic E-state index is 12.3. The Morgan fingerprint density at radius 2 is 2.25 bits per heavy atom. The average Bonchev–Trinajstić information content (AvgIpc) is 2.42. The molecule has 0 aliphatic carbocycles. The van der Waals surface area contributed by atoms with Crippen LogP contribution in [0.4, 0.5) is 10.5 Å². The number of carboxylic acid groups (broad SMARTS) is 1. The van der Waals surface area contributed by atoms with Crippen LogP contribution in [0.3, 0.4) is 0 Å². The summed E-state index contributed by atoms with van der Waals surface area (Å²) in [5, 5.41) is 12.0. The van der Waals surface area contributed by atoms with Crippen LogP contribution in [-0.4, -0.2) is 46.1 Å². The van der Waals surface area contributed by atoms with Crippen LogP contribution in [0.5, 0.6) is 0 Å². The molecule has 0 bridgehead atoms. The van der Waals surface area contributed by atoms with E-state index in [1.165, 1.54) is 4.90 Å². The van der Waals surface area contributed by atoms with Crippen molar-refractivity contribution in [1.29, 1.82) is 0 Å². The molecule has 7 heteroatoms. The van der Waals surface area contributed by atoms with Crippen molar-refractivity contribution in [2.24, 2.45) is 0 Å². The highest BCUT2D eigenvalue weighted by atomic mass is 79.9. The van der Waals surface area contributed by atoms with Gasteiger partial charge in [-0.25, -0.2) is 9.59 Å². The number of hydrogen-bond donors (Lipinski definition) is 2. The van der Waals surface area contributed by atoms with Gasteiger partial charge >= 0.3 is 12.0 Å². The minimum absolute atomic E-state index is 0.362. The second-order valence-corrected chi connectivity index (χ2v) is 6.58. The van der Waals surface area contributed by atoms with Crippen molar-refractivity contribution in [2.45, 2.75) is 13.0 Å². The molecule has 1 fully saturated rings. The van der Waals surface area contributed by atoms with E-state index in [4.69, 9.17) is 0 Å². The van der Waals surface area contributed by atoms with Crippen LogP contribution in [0.2, 0.25) is 0 Å². The zero-order valence-electron chi connectivity index (χ0n) is 10.9. The van der Waals surface area contributed by atoms with Crippen LogP contribution in [0.1, 0.15) is 5.56 Å². The number of rotatable bonds is 2. The van der Waals surface area contributed by atoms with Gasteiger partial charge in [-0.2, -0.15) is 11.8 Å². The molecule has 5 nitrogen and oxygen atoms in total. The molecular formula is C13H15BrN2O3S. The molecule has 2 rings (SSSR count). The van der Waals surface area contributed by atoms with Gasteiger partial charge in [-0.1, -0.05) is 22.0 Å². The van der Waals surface area contributed by atoms with Crippen LogP contribution in [0.25, 0.3) is 0 Å². The molecule has 1 aromatic carbocycles. The molecule has 0 spiro atoms. The third-order valence-corrected chi connectivity index (χ3v) is 4.63. The molecule has 1 heterocycles. The molecular weight excluding hydrogens is 344 g/mol. The first-order valence-corrected chi connectivity index (χ1v) is 8.08. The van der Waals surface area contributed by atoms with Gasteiger partial charge < -0.3 is 15.3 Å². The van der Waals surface area contributed by atoms with Crippen LogP contribution in [-0.2, 0) is 4.79 Å². The Hall–Kier alpha value is -1.21. The second kappa shape index (κ2) is 6.49. The van der Waals surface area contributed by atoms with E-state index in [2.05, 4.69) is 21.2 Å². The standard InChI is InChI=1S/C13H15BrN2O3S/c1-8-2-3-9(14)6-10(8)15-13(19)16-4-5-20-7-11(16)12(17)18/h2-3,6,11H,4-5,7H2,1H3,(H,15,19)(H,17,18). The quantitative estimate of drug-likeness (QED) is 0.852. The number of hydrogen-bond acceptors (Lipinski definition) is 3. The molecule has 2 amide bonds. The monoisotopic (exact) mass is 358 g/mol. The van der Waals surface area contributed by atoms with Gasteiger partial charge in [-0.15, -0.1) is 0 Å². The van der Waals surface area contributed by atoms with E-state index in [9.17, 15) is 14.7 Å². The molecule has 1 atom stereocenters. The molecule has 1 saturated heterocycles. The summed E-state index contributed by atoms with van der Waals surface area (Å²) < 4.78 is 0.863. The van der Waals surface area contributed by atoms with E-state index in [0.717, 1.165) is 15.8 Å². The van der Waals surface area contributed by atoms with Gasteiger partial charge in [-0.3, -0.25) is 0 Å². The number of amides is 2. The van der Waals surface area contributed by atoms with E-state index in [1.54, 1.807) is 11.8 Å². The summed E-state index contributed by atoms with van der Waals surface area (Å²) in [6, 6.07) is 4.46. The Morgan fingerprint density at radius 1 is 1.50 bits per heavy atom. The molecule has 1 aliphatic heterocycles. The van der Waals surface area contributed by atoms with Crippen molar-refractivity contribution in [3.05, 3.63) is 28.2 Å². The smallest absolute Gasteiger partial charge is 0.327 e. The van der Waals surface area contributed by atoms with E-state index in [0.29, 0.717) is 18.0 Å². The van der Waals surface area contributed by atoms with Gasteiger partial charge in [0.25, 0.3) is 0 Å². The summed E-state index contributed by atoms with van der Waals surface area (Å²) in [7, 11) is 0. The number of anilines is 1. The third kappa shape index (κ3) is 3.46. The molecule has 20 heavy (non-hydrogen) atoms. The fourth-order valence-electron chi connectivity index (χ4n) is 1.97. The Labute approximate surface area is 129 Å². The topological polar surface area (TPSA) is 69.6 Å². The summed E-state index contributed by atoms with van der Waals surface area (Å²) in [5.41, 5.74) is 1.62. The van der Waals surface area contributed by atoms with E-state index in [-0.39, 0.29) is 6.03 Å². The van der Waals surface area contributed by atoms with Gasteiger partial charge in [0.15, 0.2) is 0 Å². The van der Waals surface area contributed by atoms with Gasteiger partial charge in [0.2, 0.25) is 0 Å². The zero-order valence-corrected chi connectivity index (χ0v) is 13.3. The molecule has 0 aromatic heterocycles. The van der Waals surface area contributed by atoms with Crippen molar-refractivity contribution in [3.8, 4) is 0 Å². The van der Waals surface area contributed by atoms with Gasteiger partial charge in [0, 0.05) is 28.2 Å². The summed E-state index contributed by atoms with van der Waals surface area (Å²) in [4.78, 5) is 24.9. The Morgan fingerprint density at radius 3 is 2.95 bits per heavy atom. The van der Waals surface area contributed by atoms with Crippen molar-refractivity contribution in [1.82, 2.24) is 4.90 Å². The summed E-state index contributed by atoms with van der Waals surface area (Å²) in [6.07, 6.45) is 0. The molecule has 0 saturated carbocycles. The first kappa shape index (κ1) is 15.2. The average molecular weight is 359 g/mol. The third-order valence-electron chi connectivity index (χ3n) is 3.12. The van der Waals surface area contributed by atoms with Crippen LogP contribution >= 0.6 is 27.7 Å². The fourth-order valence-corrected chi connectivity index (χ4v) is 3.37. The number of aliphatic carboxylic acids is 1. The number of urea groups is 1. The first-order chi connectivity index (χ1) is 9.49. The number of halogens is 1. The lowest BCUT2D eigenvalue weighted by Gasteiger charge is -2.32. The number of benzene rings is 1. The molecule has 108 valence electrons. The highest BCUT2D eigenvalue weighted by Gasteiger charge is 2.32. The van der Waals surface area contributed by atoms with Crippen molar-refractivity contribution in [3.63, 3.8) is 0 Å². The minimum atomic E-state index is -0.960. The summed E-state index contributed by atoms with van der Waals surface area (Å²) in [6.45, 7) is 2.34. The lowest BCUT2D eigenvalue weighted by atomic mass is 10.2. The lowest BCUT2D eigenvalue weighted by Crippen LogP contribution is -2.51. The van der Waals surface area contributed by atoms with Crippen molar-refractivity contribution in [2.75, 3.05) is 23.4 Å². The number of carbonyl (C=O) groups is 2. The highest BCUT2D eigenvalue weighted by molar-refractivity contribution is 9.10. The molecule has 2 N–H and O–H groups in total. The number of thioether (sulfide) groups is 1. The van der Waals surface area contributed by atoms with Crippen LogP contribution in [0, 0.1) is 6.92 Å². The maximum absolute atomic E-state index is 12.3. The summed E-state index contributed by atoms with van der Waals surface area (Å²) in [5.74, 6) is 0.229. The van der Waals surface area contributed by atoms with Gasteiger partial charge in [0.05, 0.1) is 0 Å². The normalized spacial score (nSPS) is 18.7. The number of carbonyl (C=O) groups excluding carboxylic acids is 1. The number of aryl methyl sites for hydroxylation is 1. The number of nitrogens with one attached hydrogen (secondary N) is 1. The zero-order chi connectivity index (χ0) is 14.7.